The Kier molecular flexibility index (Phi) is 16.8. The first kappa shape index (κ1) is 35.3. The van der Waals surface area contributed by atoms with Crippen LogP contribution in [0, 0.1) is 20.8 Å². The van der Waals surface area contributed by atoms with Gasteiger partial charge in [-0.3, -0.25) is 4.79 Å². The molecule has 39 heavy (non-hydrogen) atoms. The molecule has 4 aromatic rings. The number of benzene rings is 2. The standard InChI is InChI=1S/C21H18N2O.C6H16N2.C3H8.2CH2O/c1-12-5-4-6-15(7-12)17-9-16(11-24)14(3)20-19(17)18-8-13(2)10-22-21(18)23-20;1-7(2)5-6-8(3)4;1-3-2;2*1-2/h4-11H,1-3H3,(H,22,23);5-6H2,1-4H3;3H2,1-2H3;2*1H2. The summed E-state index contributed by atoms with van der Waals surface area (Å²) in [4.78, 5) is 39.8. The van der Waals surface area contributed by atoms with Crippen LogP contribution in [0.5, 0.6) is 0 Å². The van der Waals surface area contributed by atoms with E-state index in [9.17, 15) is 4.79 Å². The number of carbonyl (C=O) groups is 3. The highest BCUT2D eigenvalue weighted by atomic mass is 16.1. The number of rotatable bonds is 5. The van der Waals surface area contributed by atoms with E-state index in [4.69, 9.17) is 9.59 Å². The van der Waals surface area contributed by atoms with Crippen molar-refractivity contribution in [1.29, 1.82) is 0 Å². The highest BCUT2D eigenvalue weighted by Gasteiger charge is 2.16. The van der Waals surface area contributed by atoms with Gasteiger partial charge in [-0.25, -0.2) is 4.98 Å². The van der Waals surface area contributed by atoms with E-state index in [0.717, 1.165) is 63.6 Å². The number of H-pyrrole nitrogens is 1. The van der Waals surface area contributed by atoms with Gasteiger partial charge in [-0.15, -0.1) is 0 Å². The molecule has 0 unspecified atom stereocenters. The van der Waals surface area contributed by atoms with Gasteiger partial charge in [-0.05, 0) is 83.3 Å². The number of aromatic nitrogens is 2. The first-order valence-corrected chi connectivity index (χ1v) is 12.9. The smallest absolute Gasteiger partial charge is 0.150 e. The van der Waals surface area contributed by atoms with Crippen molar-refractivity contribution in [3.8, 4) is 11.1 Å². The Morgan fingerprint density at radius 2 is 1.44 bits per heavy atom. The first-order chi connectivity index (χ1) is 18.6. The van der Waals surface area contributed by atoms with Crippen LogP contribution in [0.25, 0.3) is 33.1 Å². The normalized spacial score (nSPS) is 9.92. The lowest BCUT2D eigenvalue weighted by Gasteiger charge is -2.13. The van der Waals surface area contributed by atoms with E-state index in [-0.39, 0.29) is 0 Å². The predicted molar refractivity (Wildman–Crippen MR) is 166 cm³/mol. The quantitative estimate of drug-likeness (QED) is 0.303. The van der Waals surface area contributed by atoms with Crippen LogP contribution in [0.2, 0.25) is 0 Å². The Hall–Kier alpha value is -3.68. The molecule has 0 bridgehead atoms. The third kappa shape index (κ3) is 10.5. The fraction of sp³-hybridized carbons (Fsp3) is 0.375. The molecule has 0 aliphatic carbocycles. The van der Waals surface area contributed by atoms with Crippen LogP contribution < -0.4 is 0 Å². The van der Waals surface area contributed by atoms with Gasteiger partial charge in [0, 0.05) is 35.6 Å². The Labute approximate surface area is 234 Å². The van der Waals surface area contributed by atoms with Crippen LogP contribution in [-0.2, 0) is 9.59 Å². The van der Waals surface area contributed by atoms with Crippen LogP contribution in [0.4, 0.5) is 0 Å². The largest absolute Gasteiger partial charge is 0.339 e. The fourth-order valence-corrected chi connectivity index (χ4v) is 3.78. The number of hydrogen-bond acceptors (Lipinski definition) is 6. The molecular formula is C32H46N4O3. The number of aldehydes is 1. The number of nitrogens with one attached hydrogen (secondary N) is 1. The number of aromatic amines is 1. The molecule has 0 aliphatic rings. The van der Waals surface area contributed by atoms with E-state index < -0.39 is 0 Å². The second kappa shape index (κ2) is 18.6. The summed E-state index contributed by atoms with van der Waals surface area (Å²) < 4.78 is 0. The summed E-state index contributed by atoms with van der Waals surface area (Å²) in [5, 5.41) is 2.23. The molecule has 2 aromatic heterocycles. The highest BCUT2D eigenvalue weighted by molar-refractivity contribution is 6.15. The minimum atomic E-state index is 0.710. The molecule has 0 fully saturated rings. The van der Waals surface area contributed by atoms with Gasteiger partial charge in [0.05, 0.1) is 5.52 Å². The zero-order valence-corrected chi connectivity index (χ0v) is 25.2. The predicted octanol–water partition coefficient (Wildman–Crippen LogP) is 6.28. The van der Waals surface area contributed by atoms with Gasteiger partial charge in [0.15, 0.2) is 0 Å². The highest BCUT2D eigenvalue weighted by Crippen LogP contribution is 2.37. The summed E-state index contributed by atoms with van der Waals surface area (Å²) in [7, 11) is 8.35. The molecular weight excluding hydrogens is 488 g/mol. The lowest BCUT2D eigenvalue weighted by Crippen LogP contribution is -2.25. The first-order valence-electron chi connectivity index (χ1n) is 12.9. The molecule has 0 spiro atoms. The number of fused-ring (bicyclic) bond motifs is 3. The molecule has 7 nitrogen and oxygen atoms in total. The SMILES string of the molecule is C=O.C=O.CCC.CN(C)CCN(C)C.Cc1cccc(-c2cc(C=O)c(C)c3[nH]c4ncc(C)cc4c23)c1. The van der Waals surface area contributed by atoms with Gasteiger partial charge in [-0.2, -0.15) is 0 Å². The van der Waals surface area contributed by atoms with Crippen molar-refractivity contribution in [3.63, 3.8) is 0 Å². The summed E-state index contributed by atoms with van der Waals surface area (Å²) in [6.45, 7) is 16.6. The number of carbonyl (C=O) groups excluding carboxylic acids is 3. The van der Waals surface area contributed by atoms with E-state index in [1.165, 1.54) is 12.0 Å². The second-order valence-corrected chi connectivity index (χ2v) is 9.72. The molecule has 1 N–H and O–H groups in total. The van der Waals surface area contributed by atoms with Crippen molar-refractivity contribution in [3.05, 3.63) is 64.8 Å². The number of hydrogen-bond donors (Lipinski definition) is 1. The average Bonchev–Trinajstić information content (AvgIpc) is 3.30. The van der Waals surface area contributed by atoms with E-state index in [0.29, 0.717) is 5.56 Å². The second-order valence-electron chi connectivity index (χ2n) is 9.72. The molecule has 0 saturated carbocycles. The van der Waals surface area contributed by atoms with Gasteiger partial charge in [-0.1, -0.05) is 50.1 Å². The maximum atomic E-state index is 11.6. The molecule has 212 valence electrons. The van der Waals surface area contributed by atoms with E-state index >= 15 is 0 Å². The van der Waals surface area contributed by atoms with Crippen molar-refractivity contribution in [2.24, 2.45) is 0 Å². The fourth-order valence-electron chi connectivity index (χ4n) is 3.78. The maximum Gasteiger partial charge on any atom is 0.150 e. The van der Waals surface area contributed by atoms with Crippen molar-refractivity contribution >= 4 is 41.8 Å². The van der Waals surface area contributed by atoms with Gasteiger partial charge >= 0.3 is 0 Å². The summed E-state index contributed by atoms with van der Waals surface area (Å²) in [5.41, 5.74) is 8.03. The van der Waals surface area contributed by atoms with Gasteiger partial charge in [0.25, 0.3) is 0 Å². The summed E-state index contributed by atoms with van der Waals surface area (Å²) in [6.07, 6.45) is 4.04. The zero-order valence-electron chi connectivity index (χ0n) is 25.2. The minimum Gasteiger partial charge on any atom is -0.339 e. The summed E-state index contributed by atoms with van der Waals surface area (Å²) in [5.74, 6) is 0. The minimum absolute atomic E-state index is 0.710. The third-order valence-electron chi connectivity index (χ3n) is 5.61. The molecule has 7 heteroatoms. The Morgan fingerprint density at radius 1 is 0.872 bits per heavy atom. The topological polar surface area (TPSA) is 86.4 Å². The number of aryl methyl sites for hydroxylation is 3. The summed E-state index contributed by atoms with van der Waals surface area (Å²) in [6, 6.07) is 12.5. The van der Waals surface area contributed by atoms with E-state index in [1.54, 1.807) is 0 Å². The molecule has 0 aliphatic heterocycles. The Bertz CT molecular complexity index is 1290. The van der Waals surface area contributed by atoms with Crippen LogP contribution in [0.15, 0.2) is 42.6 Å². The van der Waals surface area contributed by atoms with E-state index in [2.05, 4.69) is 99.1 Å². The zero-order chi connectivity index (χ0) is 30.1. The van der Waals surface area contributed by atoms with Crippen molar-refractivity contribution in [2.75, 3.05) is 41.3 Å². The van der Waals surface area contributed by atoms with Gasteiger partial charge < -0.3 is 24.4 Å². The monoisotopic (exact) mass is 534 g/mol. The van der Waals surface area contributed by atoms with Gasteiger partial charge in [0.1, 0.15) is 25.5 Å². The Morgan fingerprint density at radius 3 is 1.92 bits per heavy atom. The lowest BCUT2D eigenvalue weighted by atomic mass is 9.93. The van der Waals surface area contributed by atoms with E-state index in [1.807, 2.05) is 39.7 Å². The molecule has 0 radical (unpaired) electrons. The third-order valence-corrected chi connectivity index (χ3v) is 5.61. The lowest BCUT2D eigenvalue weighted by molar-refractivity contribution is -0.0987. The van der Waals surface area contributed by atoms with Crippen molar-refractivity contribution in [1.82, 2.24) is 19.8 Å². The van der Waals surface area contributed by atoms with Crippen LogP contribution >= 0.6 is 0 Å². The molecule has 0 atom stereocenters. The van der Waals surface area contributed by atoms with Crippen LogP contribution in [0.3, 0.4) is 0 Å². The molecule has 4 rings (SSSR count). The number of likely N-dealkylation sites (N-methyl/N-ethyl adjacent to an activating group) is 2. The average molecular weight is 535 g/mol. The maximum absolute atomic E-state index is 11.6. The van der Waals surface area contributed by atoms with Crippen molar-refractivity contribution in [2.45, 2.75) is 41.0 Å². The van der Waals surface area contributed by atoms with Gasteiger partial charge in [0.2, 0.25) is 0 Å². The van der Waals surface area contributed by atoms with Crippen LogP contribution in [-0.4, -0.2) is 80.9 Å². The molecule has 2 aromatic carbocycles. The molecule has 0 saturated heterocycles. The molecule has 0 amide bonds. The van der Waals surface area contributed by atoms with Crippen LogP contribution in [0.1, 0.15) is 47.3 Å². The molecule has 2 heterocycles. The van der Waals surface area contributed by atoms with Crippen molar-refractivity contribution < 1.29 is 14.4 Å². The number of nitrogens with zero attached hydrogens (tertiary/aromatic N) is 3. The Balaban J connectivity index is 0.000000811. The summed E-state index contributed by atoms with van der Waals surface area (Å²) >= 11 is 0. The number of pyridine rings is 1.